The number of rotatable bonds is 7. The second-order valence-electron chi connectivity index (χ2n) is 11.2. The number of alkyl halides is 2. The summed E-state index contributed by atoms with van der Waals surface area (Å²) < 4.78 is 41.5. The number of hydrogen-bond acceptors (Lipinski definition) is 8. The number of ether oxygens (including phenoxy) is 2. The Morgan fingerprint density at radius 1 is 1.11 bits per heavy atom. The lowest BCUT2D eigenvalue weighted by atomic mass is 10.0. The number of thiophene rings is 1. The predicted molar refractivity (Wildman–Crippen MR) is 158 cm³/mol. The maximum Gasteiger partial charge on any atom is 0.299 e. The minimum Gasteiger partial charge on any atom is -0.347 e. The van der Waals surface area contributed by atoms with Gasteiger partial charge < -0.3 is 25.0 Å². The quantitative estimate of drug-likeness (QED) is 0.283. The Hall–Kier alpha value is -4.53. The molecule has 2 saturated heterocycles. The van der Waals surface area contributed by atoms with Crippen molar-refractivity contribution in [3.8, 4) is 22.4 Å². The van der Waals surface area contributed by atoms with Crippen LogP contribution in [0.5, 0.6) is 0 Å². The van der Waals surface area contributed by atoms with E-state index in [0.717, 1.165) is 10.4 Å². The molecular weight excluding hydrogens is 606 g/mol. The third kappa shape index (κ3) is 5.18. The van der Waals surface area contributed by atoms with E-state index in [1.165, 1.54) is 40.5 Å². The summed E-state index contributed by atoms with van der Waals surface area (Å²) in [4.78, 5) is 42.4. The summed E-state index contributed by atoms with van der Waals surface area (Å²) in [6, 6.07) is 10.8. The monoisotopic (exact) mass is 634 g/mol. The average molecular weight is 635 g/mol. The number of aromatic amines is 1. The topological polar surface area (TPSA) is 139 Å². The molecule has 7 rings (SSSR count). The van der Waals surface area contributed by atoms with Crippen molar-refractivity contribution in [2.75, 3.05) is 26.3 Å². The SMILES string of the molecule is C[C@@H](NC(=O)C1CC2(CN1C(=O)CNC(=O)c1ccc3c(c1)-c1ccccc1C3(F)F)OCCO2)c1cc(-c2cn[nH]n2)cs1. The molecule has 2 aromatic carbocycles. The summed E-state index contributed by atoms with van der Waals surface area (Å²) in [5.74, 6) is -5.76. The molecule has 0 saturated carbocycles. The fraction of sp³-hybridized carbons (Fsp3) is 0.323. The lowest BCUT2D eigenvalue weighted by molar-refractivity contribution is -0.152. The van der Waals surface area contributed by atoms with E-state index in [9.17, 15) is 23.2 Å². The molecule has 0 bridgehead atoms. The van der Waals surface area contributed by atoms with Gasteiger partial charge in [-0.05, 0) is 36.2 Å². The third-order valence-corrected chi connectivity index (χ3v) is 9.54. The second kappa shape index (κ2) is 11.1. The van der Waals surface area contributed by atoms with E-state index in [0.29, 0.717) is 24.5 Å². The van der Waals surface area contributed by atoms with Crippen LogP contribution in [-0.2, 0) is 25.0 Å². The van der Waals surface area contributed by atoms with Crippen molar-refractivity contribution in [1.82, 2.24) is 30.9 Å². The highest BCUT2D eigenvalue weighted by atomic mass is 32.1. The van der Waals surface area contributed by atoms with Crippen molar-refractivity contribution in [2.24, 2.45) is 0 Å². The third-order valence-electron chi connectivity index (χ3n) is 8.42. The van der Waals surface area contributed by atoms with Gasteiger partial charge in [0.25, 0.3) is 11.8 Å². The highest BCUT2D eigenvalue weighted by molar-refractivity contribution is 7.10. The Kier molecular flexibility index (Phi) is 7.22. The maximum absolute atomic E-state index is 14.9. The number of likely N-dealkylation sites (tertiary alicyclic amines) is 1. The summed E-state index contributed by atoms with van der Waals surface area (Å²) in [7, 11) is 0. The number of carbonyl (C=O) groups is 3. The van der Waals surface area contributed by atoms with Gasteiger partial charge in [0.15, 0.2) is 5.79 Å². The summed E-state index contributed by atoms with van der Waals surface area (Å²) in [5.41, 5.74) is 2.05. The van der Waals surface area contributed by atoms with Gasteiger partial charge in [-0.15, -0.1) is 11.3 Å². The van der Waals surface area contributed by atoms with Crippen molar-refractivity contribution >= 4 is 29.1 Å². The molecule has 232 valence electrons. The second-order valence-corrected chi connectivity index (χ2v) is 12.2. The molecule has 2 fully saturated rings. The van der Waals surface area contributed by atoms with Crippen molar-refractivity contribution in [2.45, 2.75) is 37.1 Å². The van der Waals surface area contributed by atoms with E-state index in [4.69, 9.17) is 9.47 Å². The number of benzene rings is 2. The number of nitrogens with one attached hydrogen (secondary N) is 3. The molecule has 14 heteroatoms. The zero-order valence-corrected chi connectivity index (χ0v) is 24.8. The van der Waals surface area contributed by atoms with E-state index in [1.807, 2.05) is 18.4 Å². The largest absolute Gasteiger partial charge is 0.347 e. The van der Waals surface area contributed by atoms with Crippen LogP contribution in [0.4, 0.5) is 8.78 Å². The molecule has 2 aromatic heterocycles. The minimum atomic E-state index is -3.16. The molecule has 0 radical (unpaired) electrons. The predicted octanol–water partition coefficient (Wildman–Crippen LogP) is 3.60. The van der Waals surface area contributed by atoms with Gasteiger partial charge >= 0.3 is 0 Å². The van der Waals surface area contributed by atoms with Gasteiger partial charge in [0.1, 0.15) is 11.7 Å². The van der Waals surface area contributed by atoms with Crippen LogP contribution < -0.4 is 10.6 Å². The molecule has 4 aromatic rings. The van der Waals surface area contributed by atoms with E-state index in [-0.39, 0.29) is 47.2 Å². The fourth-order valence-electron chi connectivity index (χ4n) is 6.16. The van der Waals surface area contributed by atoms with Gasteiger partial charge in [-0.1, -0.05) is 30.3 Å². The van der Waals surface area contributed by atoms with Gasteiger partial charge in [-0.3, -0.25) is 14.4 Å². The average Bonchev–Trinajstić information content (AvgIpc) is 3.88. The van der Waals surface area contributed by atoms with Crippen LogP contribution >= 0.6 is 11.3 Å². The zero-order chi connectivity index (χ0) is 31.3. The first-order valence-corrected chi connectivity index (χ1v) is 15.3. The highest BCUT2D eigenvalue weighted by Crippen LogP contribution is 2.51. The summed E-state index contributed by atoms with van der Waals surface area (Å²) in [6.45, 7) is 2.13. The van der Waals surface area contributed by atoms with Gasteiger partial charge in [0.05, 0.1) is 38.5 Å². The first kappa shape index (κ1) is 29.2. The van der Waals surface area contributed by atoms with Crippen LogP contribution in [0.25, 0.3) is 22.4 Å². The van der Waals surface area contributed by atoms with E-state index in [2.05, 4.69) is 26.0 Å². The van der Waals surface area contributed by atoms with Gasteiger partial charge in [0.2, 0.25) is 11.8 Å². The lowest BCUT2D eigenvalue weighted by Gasteiger charge is -2.25. The molecule has 1 spiro atoms. The van der Waals surface area contributed by atoms with Crippen molar-refractivity contribution in [3.05, 3.63) is 81.7 Å². The van der Waals surface area contributed by atoms with E-state index >= 15 is 0 Å². The number of amides is 3. The molecule has 3 amide bonds. The number of H-pyrrole nitrogens is 1. The Labute approximate surface area is 259 Å². The number of fused-ring (bicyclic) bond motifs is 3. The standard InChI is InChI=1S/C31H28F2N6O5S/c1-17(26-11-19(15-45-26)24-13-35-38-37-24)36-29(42)25-12-30(43-8-9-44-30)16-39(25)27(40)14-34-28(41)18-6-7-23-21(10-18)20-4-2-3-5-22(20)31(23,32)33/h2-7,10-11,13,15,17,25H,8-9,12,14,16H2,1H3,(H,34,41)(H,36,42)(H,35,37,38)/t17-,25?/m1/s1. The molecular formula is C31H28F2N6O5S. The number of carbonyl (C=O) groups excluding carboxylic acids is 3. The molecule has 2 atom stereocenters. The Morgan fingerprint density at radius 3 is 2.67 bits per heavy atom. The Morgan fingerprint density at radius 2 is 1.89 bits per heavy atom. The van der Waals surface area contributed by atoms with Crippen molar-refractivity contribution in [3.63, 3.8) is 0 Å². The number of nitrogens with zero attached hydrogens (tertiary/aromatic N) is 3. The number of halogens is 2. The van der Waals surface area contributed by atoms with E-state index < -0.39 is 36.1 Å². The Balaban J connectivity index is 1.04. The van der Waals surface area contributed by atoms with Crippen LogP contribution in [0.3, 0.4) is 0 Å². The molecule has 1 aliphatic carbocycles. The molecule has 45 heavy (non-hydrogen) atoms. The fourth-order valence-corrected chi connectivity index (χ4v) is 7.07. The van der Waals surface area contributed by atoms with Crippen LogP contribution in [0.1, 0.15) is 45.7 Å². The van der Waals surface area contributed by atoms with Crippen LogP contribution in [0.15, 0.2) is 60.1 Å². The van der Waals surface area contributed by atoms with Gasteiger partial charge in [0, 0.05) is 38.9 Å². The zero-order valence-electron chi connectivity index (χ0n) is 24.0. The first-order chi connectivity index (χ1) is 21.6. The minimum absolute atomic E-state index is 0.0220. The number of aromatic nitrogens is 3. The molecule has 3 N–H and O–H groups in total. The summed E-state index contributed by atoms with van der Waals surface area (Å²) in [6.07, 6.45) is 1.75. The highest BCUT2D eigenvalue weighted by Gasteiger charge is 2.52. The summed E-state index contributed by atoms with van der Waals surface area (Å²) in [5, 5.41) is 18.0. The number of hydrogen-bond donors (Lipinski definition) is 3. The Bertz CT molecular complexity index is 1790. The first-order valence-electron chi connectivity index (χ1n) is 14.4. The van der Waals surface area contributed by atoms with Crippen molar-refractivity contribution < 1.29 is 32.6 Å². The lowest BCUT2D eigenvalue weighted by Crippen LogP contribution is -2.49. The smallest absolute Gasteiger partial charge is 0.299 e. The normalized spacial score (nSPS) is 19.7. The van der Waals surface area contributed by atoms with Crippen LogP contribution in [0.2, 0.25) is 0 Å². The van der Waals surface area contributed by atoms with Crippen molar-refractivity contribution in [1.29, 1.82) is 0 Å². The molecule has 4 heterocycles. The van der Waals surface area contributed by atoms with Crippen LogP contribution in [-0.4, -0.2) is 76.2 Å². The van der Waals surface area contributed by atoms with E-state index in [1.54, 1.807) is 24.4 Å². The molecule has 3 aliphatic rings. The maximum atomic E-state index is 14.9. The van der Waals surface area contributed by atoms with Crippen LogP contribution in [0, 0.1) is 0 Å². The van der Waals surface area contributed by atoms with Gasteiger partial charge in [-0.2, -0.15) is 24.2 Å². The summed E-state index contributed by atoms with van der Waals surface area (Å²) >= 11 is 1.46. The molecule has 11 nitrogen and oxygen atoms in total. The molecule has 2 aliphatic heterocycles. The van der Waals surface area contributed by atoms with Gasteiger partial charge in [-0.25, -0.2) is 0 Å². The molecule has 1 unspecified atom stereocenters.